The van der Waals surface area contributed by atoms with Gasteiger partial charge in [0, 0.05) is 10.2 Å². The molecule has 0 unspecified atom stereocenters. The second kappa shape index (κ2) is 9.70. The van der Waals surface area contributed by atoms with Crippen molar-refractivity contribution in [1.29, 1.82) is 0 Å². The van der Waals surface area contributed by atoms with Crippen LogP contribution in [0.5, 0.6) is 0 Å². The maximum atomic E-state index is 12.8. The second-order valence-electron chi connectivity index (χ2n) is 6.30. The first-order valence-corrected chi connectivity index (χ1v) is 12.6. The van der Waals surface area contributed by atoms with Crippen molar-refractivity contribution in [2.45, 2.75) is 16.6 Å². The van der Waals surface area contributed by atoms with Gasteiger partial charge in [0.05, 0.1) is 16.3 Å². The fourth-order valence-corrected chi connectivity index (χ4v) is 6.16. The van der Waals surface area contributed by atoms with Gasteiger partial charge >= 0.3 is 0 Å². The first-order chi connectivity index (χ1) is 14.5. The Labute approximate surface area is 199 Å². The van der Waals surface area contributed by atoms with Gasteiger partial charge < -0.3 is 0 Å². The van der Waals surface area contributed by atoms with E-state index in [-0.39, 0.29) is 17.7 Å². The van der Waals surface area contributed by atoms with Crippen molar-refractivity contribution in [3.8, 4) is 0 Å². The highest BCUT2D eigenvalue weighted by molar-refractivity contribution is 9.10. The number of nitrogens with zero attached hydrogens (tertiary/aromatic N) is 2. The molecule has 1 aliphatic rings. The van der Waals surface area contributed by atoms with Crippen LogP contribution < -0.4 is 0 Å². The van der Waals surface area contributed by atoms with E-state index in [9.17, 15) is 9.59 Å². The molecule has 9 heteroatoms. The van der Waals surface area contributed by atoms with Gasteiger partial charge in [-0.05, 0) is 41.1 Å². The van der Waals surface area contributed by atoms with Crippen LogP contribution in [0.15, 0.2) is 68.3 Å². The standard InChI is InChI=1S/C21H14BrClN2O2S3/c22-15-8-6-13(7-9-15)11-25-19(26)17(30-21(25)27)10-16-18(23)24-20(29-16)28-12-14-4-2-1-3-5-14/h1-10H,11-12H2/b17-10-. The fraction of sp³-hybridized carbons (Fsp3) is 0.0952. The number of imide groups is 1. The normalized spacial score (nSPS) is 15.4. The Balaban J connectivity index is 1.46. The van der Waals surface area contributed by atoms with Crippen molar-refractivity contribution >= 4 is 79.6 Å². The number of hydrogen-bond donors (Lipinski definition) is 0. The zero-order valence-corrected chi connectivity index (χ0v) is 20.2. The molecule has 0 bridgehead atoms. The third-order valence-electron chi connectivity index (χ3n) is 4.18. The van der Waals surface area contributed by atoms with Crippen molar-refractivity contribution in [3.63, 3.8) is 0 Å². The molecule has 152 valence electrons. The van der Waals surface area contributed by atoms with E-state index in [4.69, 9.17) is 11.6 Å². The van der Waals surface area contributed by atoms with E-state index >= 15 is 0 Å². The topological polar surface area (TPSA) is 50.3 Å². The summed E-state index contributed by atoms with van der Waals surface area (Å²) in [7, 11) is 0. The minimum absolute atomic E-state index is 0.240. The predicted octanol–water partition coefficient (Wildman–Crippen LogP) is 7.09. The van der Waals surface area contributed by atoms with Crippen LogP contribution in [0.25, 0.3) is 6.08 Å². The summed E-state index contributed by atoms with van der Waals surface area (Å²) in [5.74, 6) is 0.476. The minimum atomic E-state index is -0.309. The number of hydrogen-bond acceptors (Lipinski definition) is 6. The van der Waals surface area contributed by atoms with Gasteiger partial charge in [-0.25, -0.2) is 4.98 Å². The van der Waals surface area contributed by atoms with Gasteiger partial charge in [0.15, 0.2) is 4.34 Å². The maximum absolute atomic E-state index is 12.8. The predicted molar refractivity (Wildman–Crippen MR) is 129 cm³/mol. The van der Waals surface area contributed by atoms with E-state index in [0.29, 0.717) is 14.9 Å². The molecule has 4 rings (SSSR count). The Hall–Kier alpha value is -1.58. The van der Waals surface area contributed by atoms with Crippen LogP contribution in [0.1, 0.15) is 16.0 Å². The third kappa shape index (κ3) is 5.18. The molecule has 3 aromatic rings. The molecule has 2 heterocycles. The third-order valence-corrected chi connectivity index (χ3v) is 8.24. The molecule has 4 nitrogen and oxygen atoms in total. The Kier molecular flexibility index (Phi) is 7.00. The van der Waals surface area contributed by atoms with Crippen LogP contribution in [0.4, 0.5) is 4.79 Å². The van der Waals surface area contributed by atoms with E-state index in [1.807, 2.05) is 42.5 Å². The fourth-order valence-electron chi connectivity index (χ4n) is 2.69. The largest absolute Gasteiger partial charge is 0.293 e. The number of halogens is 2. The monoisotopic (exact) mass is 536 g/mol. The van der Waals surface area contributed by atoms with Crippen LogP contribution in [0.2, 0.25) is 5.15 Å². The molecule has 2 amide bonds. The number of carbonyl (C=O) groups is 2. The number of thioether (sulfide) groups is 2. The molecule has 1 saturated heterocycles. The molecule has 0 aliphatic carbocycles. The molecule has 0 atom stereocenters. The quantitative estimate of drug-likeness (QED) is 0.248. The van der Waals surface area contributed by atoms with Crippen LogP contribution >= 0.6 is 62.4 Å². The van der Waals surface area contributed by atoms with Crippen molar-refractivity contribution in [3.05, 3.63) is 85.1 Å². The van der Waals surface area contributed by atoms with Crippen molar-refractivity contribution < 1.29 is 9.59 Å². The van der Waals surface area contributed by atoms with Crippen molar-refractivity contribution in [2.75, 3.05) is 0 Å². The summed E-state index contributed by atoms with van der Waals surface area (Å²) < 4.78 is 1.77. The van der Waals surface area contributed by atoms with Gasteiger partial charge in [-0.2, -0.15) is 0 Å². The second-order valence-corrected chi connectivity index (χ2v) is 10.8. The summed E-state index contributed by atoms with van der Waals surface area (Å²) in [6.07, 6.45) is 1.67. The first-order valence-electron chi connectivity index (χ1n) is 8.82. The molecule has 0 spiro atoms. The van der Waals surface area contributed by atoms with Crippen LogP contribution in [0, 0.1) is 0 Å². The summed E-state index contributed by atoms with van der Waals surface area (Å²) in [5.41, 5.74) is 2.08. The average molecular weight is 538 g/mol. The summed E-state index contributed by atoms with van der Waals surface area (Å²) in [4.78, 5) is 31.8. The van der Waals surface area contributed by atoms with Gasteiger partial charge in [0.1, 0.15) is 5.15 Å². The highest BCUT2D eigenvalue weighted by Crippen LogP contribution is 2.38. The van der Waals surface area contributed by atoms with Gasteiger partial charge in [-0.3, -0.25) is 14.5 Å². The smallest absolute Gasteiger partial charge is 0.268 e. The van der Waals surface area contributed by atoms with E-state index in [2.05, 4.69) is 33.0 Å². The molecule has 0 saturated carbocycles. The van der Waals surface area contributed by atoms with Gasteiger partial charge in [0.2, 0.25) is 0 Å². The summed E-state index contributed by atoms with van der Waals surface area (Å²) in [6, 6.07) is 17.6. The molecule has 1 aliphatic heterocycles. The SMILES string of the molecule is O=C1S/C(=C\c2sc(SCc3ccccc3)nc2Cl)C(=O)N1Cc1ccc(Br)cc1. The lowest BCUT2D eigenvalue weighted by molar-refractivity contribution is -0.123. The minimum Gasteiger partial charge on any atom is -0.268 e. The Morgan fingerprint density at radius 3 is 2.53 bits per heavy atom. The number of benzene rings is 2. The van der Waals surface area contributed by atoms with Gasteiger partial charge in [0.25, 0.3) is 11.1 Å². The number of aromatic nitrogens is 1. The lowest BCUT2D eigenvalue weighted by Gasteiger charge is -2.12. The summed E-state index contributed by atoms with van der Waals surface area (Å²) in [6.45, 7) is 0.240. The number of carbonyl (C=O) groups excluding carboxylic acids is 2. The lowest BCUT2D eigenvalue weighted by atomic mass is 10.2. The Bertz CT molecular complexity index is 1120. The zero-order valence-electron chi connectivity index (χ0n) is 15.4. The molecule has 0 radical (unpaired) electrons. The van der Waals surface area contributed by atoms with E-state index in [1.165, 1.54) is 21.8 Å². The molecule has 1 aromatic heterocycles. The van der Waals surface area contributed by atoms with Gasteiger partial charge in [-0.1, -0.05) is 81.8 Å². The maximum Gasteiger partial charge on any atom is 0.293 e. The average Bonchev–Trinajstić information content (AvgIpc) is 3.22. The van der Waals surface area contributed by atoms with Crippen LogP contribution in [-0.2, 0) is 17.1 Å². The Morgan fingerprint density at radius 1 is 1.07 bits per heavy atom. The lowest BCUT2D eigenvalue weighted by Crippen LogP contribution is -2.27. The van der Waals surface area contributed by atoms with Crippen molar-refractivity contribution in [1.82, 2.24) is 9.88 Å². The van der Waals surface area contributed by atoms with Crippen LogP contribution in [-0.4, -0.2) is 21.0 Å². The molecule has 1 fully saturated rings. The molecular formula is C21H14BrClN2O2S3. The van der Waals surface area contributed by atoms with E-state index < -0.39 is 0 Å². The molecule has 2 aromatic carbocycles. The van der Waals surface area contributed by atoms with E-state index in [0.717, 1.165) is 31.9 Å². The Morgan fingerprint density at radius 2 is 1.80 bits per heavy atom. The highest BCUT2D eigenvalue weighted by Gasteiger charge is 2.35. The zero-order chi connectivity index (χ0) is 21.1. The molecule has 0 N–H and O–H groups in total. The first kappa shape index (κ1) is 21.6. The van der Waals surface area contributed by atoms with Crippen molar-refractivity contribution in [2.24, 2.45) is 0 Å². The molecule has 30 heavy (non-hydrogen) atoms. The summed E-state index contributed by atoms with van der Waals surface area (Å²) in [5, 5.41) is 0.0590. The van der Waals surface area contributed by atoms with Crippen LogP contribution in [0.3, 0.4) is 0 Å². The number of thiazole rings is 1. The highest BCUT2D eigenvalue weighted by atomic mass is 79.9. The number of rotatable bonds is 6. The number of amides is 2. The van der Waals surface area contributed by atoms with E-state index in [1.54, 1.807) is 17.8 Å². The summed E-state index contributed by atoms with van der Waals surface area (Å²) >= 11 is 13.6. The van der Waals surface area contributed by atoms with Gasteiger partial charge in [-0.15, -0.1) is 11.3 Å². The molecular weight excluding hydrogens is 524 g/mol.